The molecule has 0 unspecified atom stereocenters. The second-order valence-corrected chi connectivity index (χ2v) is 17.8. The summed E-state index contributed by atoms with van der Waals surface area (Å²) >= 11 is 0. The van der Waals surface area contributed by atoms with Gasteiger partial charge in [0.1, 0.15) is 69.3 Å². The molecule has 0 N–H and O–H groups in total. The Hall–Kier alpha value is -9.62. The third kappa shape index (κ3) is 8.00. The van der Waals surface area contributed by atoms with Crippen molar-refractivity contribution in [3.05, 3.63) is 264 Å². The lowest BCUT2D eigenvalue weighted by Crippen LogP contribution is -2.28. The zero-order chi connectivity index (χ0) is 48.6. The monoisotopic (exact) mass is 916 g/mol. The lowest BCUT2D eigenvalue weighted by Gasteiger charge is -2.34. The predicted octanol–water partition coefficient (Wildman–Crippen LogP) is 17.3. The van der Waals surface area contributed by atoms with Crippen molar-refractivity contribution in [3.8, 4) is 69.3 Å². The molecule has 6 nitrogen and oxygen atoms in total. The van der Waals surface area contributed by atoms with E-state index < -0.39 is 5.41 Å². The Bertz CT molecular complexity index is 3600. The van der Waals surface area contributed by atoms with Crippen LogP contribution in [0.2, 0.25) is 0 Å². The van der Waals surface area contributed by atoms with E-state index in [0.29, 0.717) is 57.1 Å². The largest absolute Gasteiger partial charge is 0.456 e. The van der Waals surface area contributed by atoms with E-state index in [-0.39, 0.29) is 0 Å². The van der Waals surface area contributed by atoms with Crippen molar-refractivity contribution in [2.24, 2.45) is 0 Å². The highest BCUT2D eigenvalue weighted by molar-refractivity contribution is 5.92. The van der Waals surface area contributed by atoms with Crippen LogP contribution >= 0.6 is 0 Å². The lowest BCUT2D eigenvalue weighted by molar-refractivity contribution is 0.457. The van der Waals surface area contributed by atoms with Crippen molar-refractivity contribution in [3.63, 3.8) is 0 Å². The molecule has 0 fully saturated rings. The maximum Gasteiger partial charge on any atom is 0.149 e. The van der Waals surface area contributed by atoms with Gasteiger partial charge in [-0.2, -0.15) is 10.5 Å². The quantitative estimate of drug-likeness (QED) is 0.121. The van der Waals surface area contributed by atoms with E-state index in [1.54, 1.807) is 24.3 Å². The van der Waals surface area contributed by atoms with Gasteiger partial charge in [0, 0.05) is 0 Å². The van der Waals surface area contributed by atoms with Crippen molar-refractivity contribution < 1.29 is 18.9 Å². The van der Waals surface area contributed by atoms with Crippen LogP contribution in [-0.4, -0.2) is 0 Å². The summed E-state index contributed by atoms with van der Waals surface area (Å²) in [6.45, 7) is 11.9. The van der Waals surface area contributed by atoms with E-state index >= 15 is 0 Å². The van der Waals surface area contributed by atoms with Gasteiger partial charge in [-0.3, -0.25) is 0 Å². The topological polar surface area (TPSA) is 84.5 Å². The number of ether oxygens (including phenoxy) is 4. The van der Waals surface area contributed by atoms with Crippen LogP contribution in [0.1, 0.15) is 58.4 Å². The molecule has 0 saturated heterocycles. The molecule has 0 amide bonds. The molecular weight excluding hydrogens is 873 g/mol. The standard InChI is InChI=1S/C65H44N2O4/c1-41(2)43-21-29-51(30-22-43)68-61-15-9-17-63(57(61)39-66)70-53-33-25-45-35-49(27-19-47(45)37-53)65(59-13-7-5-11-55(59)56-12-6-8-14-60(56)65)50-28-20-48-38-54(34-26-46(48)36-50)71-64-18-10-16-62(58(64)40-67)69-52-31-23-44(24-32-52)42(3)4/h5-38H,1,3H2,2,4H3. The number of rotatable bonds is 12. The minimum Gasteiger partial charge on any atom is -0.456 e. The number of allylic oxidation sites excluding steroid dienone is 2. The summed E-state index contributed by atoms with van der Waals surface area (Å²) in [6, 6.07) is 73.4. The van der Waals surface area contributed by atoms with Gasteiger partial charge in [0.05, 0.1) is 5.41 Å². The van der Waals surface area contributed by atoms with Crippen LogP contribution in [0.15, 0.2) is 219 Å². The highest BCUT2D eigenvalue weighted by Crippen LogP contribution is 2.57. The van der Waals surface area contributed by atoms with Gasteiger partial charge in [-0.1, -0.05) is 146 Å². The van der Waals surface area contributed by atoms with E-state index in [0.717, 1.165) is 54.9 Å². The van der Waals surface area contributed by atoms with Crippen LogP contribution < -0.4 is 18.9 Å². The van der Waals surface area contributed by atoms with Gasteiger partial charge in [-0.15, -0.1) is 0 Å². The fourth-order valence-corrected chi connectivity index (χ4v) is 9.77. The van der Waals surface area contributed by atoms with Crippen molar-refractivity contribution >= 4 is 32.7 Å². The Labute approximate surface area is 412 Å². The fraction of sp³-hybridized carbons (Fsp3) is 0.0462. The molecule has 0 saturated carbocycles. The lowest BCUT2D eigenvalue weighted by atomic mass is 9.67. The van der Waals surface area contributed by atoms with Crippen LogP contribution in [0, 0.1) is 22.7 Å². The summed E-state index contributed by atoms with van der Waals surface area (Å²) in [5.41, 5.74) is 11.0. The maximum absolute atomic E-state index is 10.3. The second-order valence-electron chi connectivity index (χ2n) is 17.8. The molecule has 6 heteroatoms. The van der Waals surface area contributed by atoms with E-state index in [2.05, 4.69) is 122 Å². The van der Waals surface area contributed by atoms with Crippen molar-refractivity contribution in [1.29, 1.82) is 10.5 Å². The molecule has 11 rings (SSSR count). The van der Waals surface area contributed by atoms with Crippen LogP contribution in [0.4, 0.5) is 0 Å². The Morgan fingerprint density at radius 3 is 1.10 bits per heavy atom. The molecule has 0 bridgehead atoms. The molecule has 0 aliphatic heterocycles. The SMILES string of the molecule is C=C(C)c1ccc(Oc2cccc(Oc3ccc4cc(C5(c6ccc7cc(Oc8cccc(Oc9ccc(C(=C)C)cc9)c8C#N)ccc7c6)c6ccccc6-c6ccccc65)ccc4c3)c2C#N)cc1. The molecule has 10 aromatic rings. The number of nitriles is 2. The Balaban J connectivity index is 0.927. The first kappa shape index (κ1) is 43.9. The minimum atomic E-state index is -0.653. The van der Waals surface area contributed by atoms with Crippen LogP contribution in [0.3, 0.4) is 0 Å². The molecule has 1 aliphatic rings. The molecule has 1 aliphatic carbocycles. The first-order valence-corrected chi connectivity index (χ1v) is 23.3. The summed E-state index contributed by atoms with van der Waals surface area (Å²) in [5, 5.41) is 24.7. The average Bonchev–Trinajstić information content (AvgIpc) is 3.70. The highest BCUT2D eigenvalue weighted by Gasteiger charge is 2.46. The third-order valence-corrected chi connectivity index (χ3v) is 13.2. The van der Waals surface area contributed by atoms with Crippen molar-refractivity contribution in [2.45, 2.75) is 19.3 Å². The van der Waals surface area contributed by atoms with Crippen molar-refractivity contribution in [2.75, 3.05) is 0 Å². The van der Waals surface area contributed by atoms with Gasteiger partial charge in [0.2, 0.25) is 0 Å². The van der Waals surface area contributed by atoms with Gasteiger partial charge < -0.3 is 18.9 Å². The Kier molecular flexibility index (Phi) is 11.2. The van der Waals surface area contributed by atoms with Gasteiger partial charge >= 0.3 is 0 Å². The molecule has 338 valence electrons. The molecule has 71 heavy (non-hydrogen) atoms. The van der Waals surface area contributed by atoms with Gasteiger partial charge in [-0.05, 0) is 165 Å². The zero-order valence-electron chi connectivity index (χ0n) is 39.1. The molecular formula is C65H44N2O4. The first-order valence-electron chi connectivity index (χ1n) is 23.3. The third-order valence-electron chi connectivity index (χ3n) is 13.2. The maximum atomic E-state index is 10.3. The normalized spacial score (nSPS) is 12.0. The smallest absolute Gasteiger partial charge is 0.149 e. The number of nitrogens with zero attached hydrogens (tertiary/aromatic N) is 2. The Morgan fingerprint density at radius 1 is 0.380 bits per heavy atom. The van der Waals surface area contributed by atoms with Gasteiger partial charge in [0.15, 0.2) is 0 Å². The molecule has 0 aromatic heterocycles. The zero-order valence-corrected chi connectivity index (χ0v) is 39.1. The van der Waals surface area contributed by atoms with E-state index in [1.165, 1.54) is 22.3 Å². The van der Waals surface area contributed by atoms with Crippen LogP contribution in [0.5, 0.6) is 46.0 Å². The summed E-state index contributed by atoms with van der Waals surface area (Å²) in [5.74, 6) is 4.05. The van der Waals surface area contributed by atoms with Crippen LogP contribution in [-0.2, 0) is 5.41 Å². The molecule has 0 heterocycles. The number of hydrogen-bond acceptors (Lipinski definition) is 6. The number of fused-ring (bicyclic) bond motifs is 5. The number of hydrogen-bond donors (Lipinski definition) is 0. The fourth-order valence-electron chi connectivity index (χ4n) is 9.77. The predicted molar refractivity (Wildman–Crippen MR) is 284 cm³/mol. The van der Waals surface area contributed by atoms with E-state index in [4.69, 9.17) is 18.9 Å². The van der Waals surface area contributed by atoms with E-state index in [1.807, 2.05) is 98.8 Å². The average molecular weight is 917 g/mol. The van der Waals surface area contributed by atoms with Gasteiger partial charge in [0.25, 0.3) is 0 Å². The summed E-state index contributed by atoms with van der Waals surface area (Å²) in [4.78, 5) is 0. The summed E-state index contributed by atoms with van der Waals surface area (Å²) < 4.78 is 25.2. The Morgan fingerprint density at radius 2 is 0.718 bits per heavy atom. The molecule has 0 atom stereocenters. The summed E-state index contributed by atoms with van der Waals surface area (Å²) in [7, 11) is 0. The molecule has 0 radical (unpaired) electrons. The molecule has 0 spiro atoms. The number of benzene rings is 10. The summed E-state index contributed by atoms with van der Waals surface area (Å²) in [6.07, 6.45) is 0. The second kappa shape index (κ2) is 18.1. The molecule has 10 aromatic carbocycles. The van der Waals surface area contributed by atoms with Crippen molar-refractivity contribution in [1.82, 2.24) is 0 Å². The van der Waals surface area contributed by atoms with E-state index in [9.17, 15) is 10.5 Å². The van der Waals surface area contributed by atoms with Crippen LogP contribution in [0.25, 0.3) is 43.8 Å². The minimum absolute atomic E-state index is 0.303. The first-order chi connectivity index (χ1) is 34.7. The van der Waals surface area contributed by atoms with Gasteiger partial charge in [-0.25, -0.2) is 0 Å². The highest BCUT2D eigenvalue weighted by atomic mass is 16.5.